The van der Waals surface area contributed by atoms with E-state index in [0.717, 1.165) is 82.8 Å². The summed E-state index contributed by atoms with van der Waals surface area (Å²) >= 11 is 0. The molecule has 0 atom stereocenters. The Bertz CT molecular complexity index is 3090. The molecular weight excluding hydrogens is 671 g/mol. The second-order valence-electron chi connectivity index (χ2n) is 14.0. The second-order valence-corrected chi connectivity index (χ2v) is 14.0. The minimum atomic E-state index is 0.842. The third-order valence-corrected chi connectivity index (χ3v) is 10.9. The molecule has 0 amide bonds. The quantitative estimate of drug-likeness (QED) is 0.173. The lowest BCUT2D eigenvalue weighted by atomic mass is 9.95. The fraction of sp³-hybridized carbons (Fsp3) is 0. The molecule has 11 aromatic rings. The van der Waals surface area contributed by atoms with E-state index in [4.69, 9.17) is 8.83 Å². The molecule has 3 heteroatoms. The summed E-state index contributed by atoms with van der Waals surface area (Å²) in [5.74, 6) is 0. The van der Waals surface area contributed by atoms with Crippen LogP contribution in [0.5, 0.6) is 0 Å². The highest BCUT2D eigenvalue weighted by atomic mass is 16.3. The van der Waals surface area contributed by atoms with Gasteiger partial charge in [-0.1, -0.05) is 158 Å². The maximum atomic E-state index is 6.83. The van der Waals surface area contributed by atoms with Gasteiger partial charge in [-0.25, -0.2) is 0 Å². The van der Waals surface area contributed by atoms with Crippen LogP contribution >= 0.6 is 0 Å². The van der Waals surface area contributed by atoms with Crippen molar-refractivity contribution in [1.29, 1.82) is 0 Å². The van der Waals surface area contributed by atoms with E-state index in [9.17, 15) is 0 Å². The van der Waals surface area contributed by atoms with Crippen molar-refractivity contribution < 1.29 is 8.83 Å². The first-order chi connectivity index (χ1) is 27.3. The molecule has 258 valence electrons. The summed E-state index contributed by atoms with van der Waals surface area (Å²) in [4.78, 5) is 2.38. The van der Waals surface area contributed by atoms with Crippen LogP contribution in [0.3, 0.4) is 0 Å². The molecule has 11 rings (SSSR count). The lowest BCUT2D eigenvalue weighted by Gasteiger charge is -2.27. The minimum absolute atomic E-state index is 0.842. The van der Waals surface area contributed by atoms with E-state index < -0.39 is 0 Å². The molecule has 9 aromatic carbocycles. The van der Waals surface area contributed by atoms with E-state index in [0.29, 0.717) is 0 Å². The summed E-state index contributed by atoms with van der Waals surface area (Å²) < 4.78 is 13.4. The lowest BCUT2D eigenvalue weighted by molar-refractivity contribution is 0.670. The Hall–Kier alpha value is -7.36. The molecule has 0 unspecified atom stereocenters. The number of hydrogen-bond donors (Lipinski definition) is 0. The molecule has 0 bridgehead atoms. The third-order valence-electron chi connectivity index (χ3n) is 10.9. The third kappa shape index (κ3) is 5.13. The standard InChI is InChI=1S/C52H33NO2/c1-3-13-34(14-4-1)36-25-29-38(30-26-36)53(39-31-27-37(28-32-39)35-15-5-2-6-16-35)47-33-46-50-42(20-12-24-49(50)55-52(46)43-19-8-7-17-40(43)47)45-22-11-21-44-41-18-9-10-23-48(41)54-51(44)45/h1-33H. The van der Waals surface area contributed by atoms with Crippen molar-refractivity contribution in [3.8, 4) is 33.4 Å². The molecule has 0 saturated carbocycles. The van der Waals surface area contributed by atoms with Crippen LogP contribution in [0.15, 0.2) is 209 Å². The van der Waals surface area contributed by atoms with Crippen LogP contribution in [0.1, 0.15) is 0 Å². The molecule has 0 aliphatic rings. The van der Waals surface area contributed by atoms with Crippen molar-refractivity contribution in [3.63, 3.8) is 0 Å². The van der Waals surface area contributed by atoms with Crippen molar-refractivity contribution in [1.82, 2.24) is 0 Å². The summed E-state index contributed by atoms with van der Waals surface area (Å²) in [7, 11) is 0. The minimum Gasteiger partial charge on any atom is -0.455 e. The Labute approximate surface area is 317 Å². The number of nitrogens with zero attached hydrogens (tertiary/aromatic N) is 1. The molecular formula is C52H33NO2. The van der Waals surface area contributed by atoms with Gasteiger partial charge < -0.3 is 13.7 Å². The first-order valence-corrected chi connectivity index (χ1v) is 18.7. The molecule has 55 heavy (non-hydrogen) atoms. The van der Waals surface area contributed by atoms with Gasteiger partial charge >= 0.3 is 0 Å². The van der Waals surface area contributed by atoms with Crippen LogP contribution in [0.2, 0.25) is 0 Å². The average Bonchev–Trinajstić information content (AvgIpc) is 3.84. The van der Waals surface area contributed by atoms with Gasteiger partial charge in [0.2, 0.25) is 0 Å². The van der Waals surface area contributed by atoms with Gasteiger partial charge in [-0.2, -0.15) is 0 Å². The van der Waals surface area contributed by atoms with E-state index in [1.807, 2.05) is 12.1 Å². The van der Waals surface area contributed by atoms with Crippen LogP contribution in [-0.4, -0.2) is 0 Å². The van der Waals surface area contributed by atoms with Gasteiger partial charge in [0.05, 0.1) is 5.69 Å². The highest BCUT2D eigenvalue weighted by molar-refractivity contribution is 6.24. The van der Waals surface area contributed by atoms with Gasteiger partial charge in [0.25, 0.3) is 0 Å². The summed E-state index contributed by atoms with van der Waals surface area (Å²) in [6.45, 7) is 0. The molecule has 2 heterocycles. The first kappa shape index (κ1) is 31.2. The Morgan fingerprint density at radius 1 is 0.309 bits per heavy atom. The van der Waals surface area contributed by atoms with Crippen molar-refractivity contribution in [2.45, 2.75) is 0 Å². The van der Waals surface area contributed by atoms with Crippen molar-refractivity contribution in [2.24, 2.45) is 0 Å². The molecule has 0 N–H and O–H groups in total. The molecule has 2 aromatic heterocycles. The number of hydrogen-bond acceptors (Lipinski definition) is 3. The zero-order chi connectivity index (χ0) is 36.3. The van der Waals surface area contributed by atoms with Gasteiger partial charge in [0.15, 0.2) is 0 Å². The topological polar surface area (TPSA) is 29.5 Å². The monoisotopic (exact) mass is 703 g/mol. The molecule has 0 aliphatic heterocycles. The summed E-state index contributed by atoms with van der Waals surface area (Å²) in [5.41, 5.74) is 13.5. The highest BCUT2D eigenvalue weighted by Gasteiger charge is 2.23. The van der Waals surface area contributed by atoms with Gasteiger partial charge in [-0.3, -0.25) is 0 Å². The zero-order valence-corrected chi connectivity index (χ0v) is 29.8. The average molecular weight is 704 g/mol. The maximum absolute atomic E-state index is 6.83. The van der Waals surface area contributed by atoms with Gasteiger partial charge in [-0.15, -0.1) is 0 Å². The fourth-order valence-electron chi connectivity index (χ4n) is 8.29. The lowest BCUT2D eigenvalue weighted by Crippen LogP contribution is -2.10. The largest absolute Gasteiger partial charge is 0.455 e. The summed E-state index contributed by atoms with van der Waals surface area (Å²) in [6.07, 6.45) is 0. The SMILES string of the molecule is c1ccc(-c2ccc(N(c3ccc(-c4ccccc4)cc3)c3cc4c(oc5cccc(-c6cccc7c6oc6ccccc67)c54)c4ccccc34)cc2)cc1. The van der Waals surface area contributed by atoms with Crippen LogP contribution in [0.4, 0.5) is 17.1 Å². The predicted octanol–water partition coefficient (Wildman–Crippen LogP) is 15.1. The number of rotatable bonds is 6. The molecule has 3 nitrogen and oxygen atoms in total. The first-order valence-electron chi connectivity index (χ1n) is 18.7. The van der Waals surface area contributed by atoms with E-state index >= 15 is 0 Å². The van der Waals surface area contributed by atoms with E-state index in [-0.39, 0.29) is 0 Å². The van der Waals surface area contributed by atoms with Crippen LogP contribution in [0, 0.1) is 0 Å². The molecule has 0 saturated heterocycles. The Kier molecular flexibility index (Phi) is 7.17. The smallest absolute Gasteiger partial charge is 0.143 e. The number of benzene rings is 9. The predicted molar refractivity (Wildman–Crippen MR) is 229 cm³/mol. The van der Waals surface area contributed by atoms with E-state index in [2.05, 4.69) is 193 Å². The van der Waals surface area contributed by atoms with Crippen LogP contribution in [0.25, 0.3) is 88.0 Å². The van der Waals surface area contributed by atoms with E-state index in [1.54, 1.807) is 0 Å². The van der Waals surface area contributed by atoms with E-state index in [1.165, 1.54) is 22.3 Å². The Morgan fingerprint density at radius 3 is 1.45 bits per heavy atom. The van der Waals surface area contributed by atoms with Crippen LogP contribution < -0.4 is 4.90 Å². The Morgan fingerprint density at radius 2 is 0.782 bits per heavy atom. The number of para-hydroxylation sites is 2. The van der Waals surface area contributed by atoms with Crippen LogP contribution in [-0.2, 0) is 0 Å². The normalized spacial score (nSPS) is 11.6. The van der Waals surface area contributed by atoms with Gasteiger partial charge in [0, 0.05) is 49.3 Å². The summed E-state index contributed by atoms with van der Waals surface area (Å²) in [5, 5.41) is 6.51. The second kappa shape index (κ2) is 12.6. The van der Waals surface area contributed by atoms with Gasteiger partial charge in [0.1, 0.15) is 22.3 Å². The number of furan rings is 2. The number of fused-ring (bicyclic) bond motifs is 8. The Balaban J connectivity index is 1.17. The number of anilines is 3. The molecule has 0 fully saturated rings. The highest BCUT2D eigenvalue weighted by Crippen LogP contribution is 2.48. The maximum Gasteiger partial charge on any atom is 0.143 e. The fourth-order valence-corrected chi connectivity index (χ4v) is 8.29. The summed E-state index contributed by atoms with van der Waals surface area (Å²) in [6, 6.07) is 70.8. The molecule has 0 spiro atoms. The van der Waals surface area contributed by atoms with Crippen molar-refractivity contribution >= 4 is 71.7 Å². The zero-order valence-electron chi connectivity index (χ0n) is 29.8. The van der Waals surface area contributed by atoms with Gasteiger partial charge in [-0.05, 0) is 70.3 Å². The molecule has 0 radical (unpaired) electrons. The molecule has 0 aliphatic carbocycles. The van der Waals surface area contributed by atoms with Crippen molar-refractivity contribution in [2.75, 3.05) is 4.90 Å². The van der Waals surface area contributed by atoms with Crippen molar-refractivity contribution in [3.05, 3.63) is 200 Å².